The molecule has 0 N–H and O–H groups in total. The Kier molecular flexibility index (Phi) is 5.29. The molecular formula is C12H25NO2Si. The topological polar surface area (TPSA) is 21.7 Å². The standard InChI is InChI=1S/C12H25NO2Si/c1-13-7-5-11(6-8-13)15-10-16-12-4-2-3-9-14-12/h11-12H,2-10,16H2,1H3. The van der Waals surface area contributed by atoms with E-state index in [9.17, 15) is 0 Å². The number of hydrogen-bond donors (Lipinski definition) is 0. The summed E-state index contributed by atoms with van der Waals surface area (Å²) in [5.74, 6) is 0. The van der Waals surface area contributed by atoms with Gasteiger partial charge in [0.25, 0.3) is 0 Å². The van der Waals surface area contributed by atoms with Crippen LogP contribution in [0.3, 0.4) is 0 Å². The molecule has 2 fully saturated rings. The van der Waals surface area contributed by atoms with E-state index in [1.54, 1.807) is 0 Å². The molecule has 4 heteroatoms. The first-order valence-electron chi connectivity index (χ1n) is 6.76. The van der Waals surface area contributed by atoms with Crippen LogP contribution < -0.4 is 0 Å². The van der Waals surface area contributed by atoms with Crippen molar-refractivity contribution in [2.45, 2.75) is 43.9 Å². The van der Waals surface area contributed by atoms with Gasteiger partial charge in [-0.1, -0.05) is 0 Å². The molecule has 0 amide bonds. The van der Waals surface area contributed by atoms with Crippen LogP contribution in [0.1, 0.15) is 32.1 Å². The van der Waals surface area contributed by atoms with Gasteiger partial charge in [-0.3, -0.25) is 0 Å². The molecule has 94 valence electrons. The van der Waals surface area contributed by atoms with Gasteiger partial charge in [-0.05, 0) is 39.2 Å². The highest BCUT2D eigenvalue weighted by Crippen LogP contribution is 2.14. The molecule has 0 bridgehead atoms. The molecule has 2 aliphatic rings. The van der Waals surface area contributed by atoms with Crippen LogP contribution in [0.25, 0.3) is 0 Å². The van der Waals surface area contributed by atoms with E-state index < -0.39 is 0 Å². The zero-order chi connectivity index (χ0) is 11.2. The molecule has 0 aliphatic carbocycles. The predicted molar refractivity (Wildman–Crippen MR) is 68.6 cm³/mol. The maximum atomic E-state index is 5.99. The van der Waals surface area contributed by atoms with E-state index in [0.717, 1.165) is 12.8 Å². The molecule has 1 unspecified atom stereocenters. The minimum Gasteiger partial charge on any atom is -0.382 e. The Bertz CT molecular complexity index is 189. The maximum absolute atomic E-state index is 5.99. The van der Waals surface area contributed by atoms with Crippen LogP contribution >= 0.6 is 0 Å². The van der Waals surface area contributed by atoms with Gasteiger partial charge >= 0.3 is 0 Å². The number of piperidine rings is 1. The molecule has 0 aromatic rings. The second-order valence-electron chi connectivity index (χ2n) is 5.15. The van der Waals surface area contributed by atoms with Crippen molar-refractivity contribution >= 4 is 9.52 Å². The number of likely N-dealkylation sites (tertiary alicyclic amines) is 1. The molecule has 2 saturated heterocycles. The van der Waals surface area contributed by atoms with Crippen molar-refractivity contribution in [2.75, 3.05) is 33.0 Å². The third-order valence-electron chi connectivity index (χ3n) is 3.73. The molecule has 2 rings (SSSR count). The average Bonchev–Trinajstić information content (AvgIpc) is 2.33. The minimum atomic E-state index is -0.151. The van der Waals surface area contributed by atoms with Crippen molar-refractivity contribution in [3.05, 3.63) is 0 Å². The Labute approximate surface area is 101 Å². The van der Waals surface area contributed by atoms with Gasteiger partial charge in [0.15, 0.2) is 0 Å². The van der Waals surface area contributed by atoms with E-state index in [1.807, 2.05) is 0 Å². The molecule has 0 aromatic carbocycles. The molecule has 0 radical (unpaired) electrons. The summed E-state index contributed by atoms with van der Waals surface area (Å²) in [6.45, 7) is 3.39. The van der Waals surface area contributed by atoms with Gasteiger partial charge in [0.2, 0.25) is 0 Å². The lowest BCUT2D eigenvalue weighted by atomic mass is 10.1. The first kappa shape index (κ1) is 12.6. The van der Waals surface area contributed by atoms with E-state index in [2.05, 4.69) is 11.9 Å². The lowest BCUT2D eigenvalue weighted by Gasteiger charge is -2.29. The smallest absolute Gasteiger partial charge is 0.0861 e. The monoisotopic (exact) mass is 243 g/mol. The van der Waals surface area contributed by atoms with Crippen molar-refractivity contribution in [3.63, 3.8) is 0 Å². The highest BCUT2D eigenvalue weighted by atomic mass is 28.2. The van der Waals surface area contributed by atoms with Gasteiger partial charge in [-0.15, -0.1) is 0 Å². The lowest BCUT2D eigenvalue weighted by molar-refractivity contribution is 0.0277. The van der Waals surface area contributed by atoms with Crippen LogP contribution in [-0.2, 0) is 9.47 Å². The average molecular weight is 243 g/mol. The summed E-state index contributed by atoms with van der Waals surface area (Å²) in [4.78, 5) is 2.39. The summed E-state index contributed by atoms with van der Waals surface area (Å²) in [5.41, 5.74) is 0.611. The molecule has 16 heavy (non-hydrogen) atoms. The first-order chi connectivity index (χ1) is 7.84. The summed E-state index contributed by atoms with van der Waals surface area (Å²) in [7, 11) is 2.04. The van der Waals surface area contributed by atoms with E-state index in [-0.39, 0.29) is 9.52 Å². The Morgan fingerprint density at radius 2 is 2.06 bits per heavy atom. The van der Waals surface area contributed by atoms with Crippen LogP contribution in [0.2, 0.25) is 0 Å². The quantitative estimate of drug-likeness (QED) is 0.680. The van der Waals surface area contributed by atoms with Gasteiger partial charge in [0.1, 0.15) is 0 Å². The molecule has 3 nitrogen and oxygen atoms in total. The number of nitrogens with zero attached hydrogens (tertiary/aromatic N) is 1. The summed E-state index contributed by atoms with van der Waals surface area (Å²) >= 11 is 0. The maximum Gasteiger partial charge on any atom is 0.0861 e. The van der Waals surface area contributed by atoms with Crippen molar-refractivity contribution in [3.8, 4) is 0 Å². The highest BCUT2D eigenvalue weighted by Gasteiger charge is 2.18. The minimum absolute atomic E-state index is 0.151. The van der Waals surface area contributed by atoms with E-state index in [0.29, 0.717) is 11.8 Å². The summed E-state index contributed by atoms with van der Waals surface area (Å²) < 4.78 is 11.7. The van der Waals surface area contributed by atoms with E-state index >= 15 is 0 Å². The Balaban J connectivity index is 1.53. The van der Waals surface area contributed by atoms with E-state index in [1.165, 1.54) is 45.2 Å². The Hall–Kier alpha value is 0.0969. The SMILES string of the molecule is CN1CCC(OC[SiH2]C2CCCCO2)CC1. The fraction of sp³-hybridized carbons (Fsp3) is 1.00. The number of hydrogen-bond acceptors (Lipinski definition) is 3. The zero-order valence-corrected chi connectivity index (χ0v) is 11.9. The van der Waals surface area contributed by atoms with Crippen molar-refractivity contribution in [1.29, 1.82) is 0 Å². The molecule has 0 spiro atoms. The Morgan fingerprint density at radius 3 is 2.75 bits per heavy atom. The zero-order valence-electron chi connectivity index (χ0n) is 10.5. The molecule has 2 heterocycles. The van der Waals surface area contributed by atoms with Crippen molar-refractivity contribution < 1.29 is 9.47 Å². The Morgan fingerprint density at radius 1 is 1.25 bits per heavy atom. The fourth-order valence-corrected chi connectivity index (χ4v) is 4.20. The fourth-order valence-electron chi connectivity index (χ4n) is 2.55. The summed E-state index contributed by atoms with van der Waals surface area (Å²) in [6.07, 6.45) is 7.92. The lowest BCUT2D eigenvalue weighted by Crippen LogP contribution is -2.36. The third-order valence-corrected chi connectivity index (χ3v) is 5.49. The normalized spacial score (nSPS) is 30.2. The number of rotatable bonds is 4. The second kappa shape index (κ2) is 6.74. The van der Waals surface area contributed by atoms with Crippen molar-refractivity contribution in [2.24, 2.45) is 0 Å². The van der Waals surface area contributed by atoms with Gasteiger partial charge in [0.05, 0.1) is 15.6 Å². The van der Waals surface area contributed by atoms with Crippen LogP contribution in [0.4, 0.5) is 0 Å². The van der Waals surface area contributed by atoms with Gasteiger partial charge in [-0.25, -0.2) is 0 Å². The summed E-state index contributed by atoms with van der Waals surface area (Å²) in [6, 6.07) is 0. The summed E-state index contributed by atoms with van der Waals surface area (Å²) in [5, 5.41) is 0. The van der Waals surface area contributed by atoms with Gasteiger partial charge in [-0.2, -0.15) is 0 Å². The van der Waals surface area contributed by atoms with Crippen LogP contribution in [0.15, 0.2) is 0 Å². The largest absolute Gasteiger partial charge is 0.382 e. The third kappa shape index (κ3) is 4.16. The van der Waals surface area contributed by atoms with Crippen LogP contribution in [-0.4, -0.2) is 59.2 Å². The molecule has 2 aliphatic heterocycles. The number of ether oxygens (including phenoxy) is 2. The molecular weight excluding hydrogens is 218 g/mol. The highest BCUT2D eigenvalue weighted by molar-refractivity contribution is 6.37. The molecule has 1 atom stereocenters. The van der Waals surface area contributed by atoms with Crippen LogP contribution in [0.5, 0.6) is 0 Å². The second-order valence-corrected chi connectivity index (χ2v) is 7.05. The predicted octanol–water partition coefficient (Wildman–Crippen LogP) is 0.750. The van der Waals surface area contributed by atoms with E-state index in [4.69, 9.17) is 9.47 Å². The van der Waals surface area contributed by atoms with Crippen LogP contribution in [0, 0.1) is 0 Å². The first-order valence-corrected chi connectivity index (χ1v) is 8.58. The van der Waals surface area contributed by atoms with Crippen molar-refractivity contribution in [1.82, 2.24) is 4.90 Å². The van der Waals surface area contributed by atoms with Gasteiger partial charge in [0, 0.05) is 31.7 Å². The molecule has 0 saturated carbocycles. The van der Waals surface area contributed by atoms with Gasteiger partial charge < -0.3 is 14.4 Å². The molecule has 0 aromatic heterocycles.